The maximum Gasteiger partial charge on any atom is 0.258 e. The summed E-state index contributed by atoms with van der Waals surface area (Å²) in [5, 5.41) is 9.88. The summed E-state index contributed by atoms with van der Waals surface area (Å²) in [6.45, 7) is 1.87. The van der Waals surface area contributed by atoms with Crippen LogP contribution >= 0.6 is 0 Å². The third-order valence-corrected chi connectivity index (χ3v) is 5.36. The van der Waals surface area contributed by atoms with Gasteiger partial charge in [0.15, 0.2) is 0 Å². The van der Waals surface area contributed by atoms with E-state index in [1.54, 1.807) is 31.4 Å². The fraction of sp³-hybridized carbons (Fsp3) is 0.148. The van der Waals surface area contributed by atoms with Gasteiger partial charge in [0.25, 0.3) is 5.91 Å². The predicted octanol–water partition coefficient (Wildman–Crippen LogP) is 4.58. The molecule has 0 saturated heterocycles. The van der Waals surface area contributed by atoms with E-state index in [0.29, 0.717) is 41.6 Å². The molecule has 4 aromatic rings. The standard InChI is InChI=1S/C27H27N5O3/c1-18(33)30-21-9-7-8-19(16-21)26(34)32-27(31-24-12-5-6-13-25(24)35-2)28-15-14-20-17-29-23-11-4-3-10-22(20)23/h3-13,16-17,29H,14-15H2,1-2H3,(H,30,33)(H2,28,31,32,34). The quantitative estimate of drug-likeness (QED) is 0.235. The number of aromatic amines is 1. The van der Waals surface area contributed by atoms with Crippen LogP contribution < -0.4 is 20.7 Å². The van der Waals surface area contributed by atoms with Crippen LogP contribution in [0.4, 0.5) is 11.4 Å². The number of amides is 2. The molecule has 1 heterocycles. The largest absolute Gasteiger partial charge is 0.495 e. The zero-order valence-corrected chi connectivity index (χ0v) is 19.6. The molecule has 0 bridgehead atoms. The predicted molar refractivity (Wildman–Crippen MR) is 139 cm³/mol. The number of anilines is 2. The molecule has 0 aliphatic heterocycles. The normalized spacial score (nSPS) is 11.2. The van der Waals surface area contributed by atoms with Crippen molar-refractivity contribution in [2.75, 3.05) is 24.3 Å². The molecule has 178 valence electrons. The van der Waals surface area contributed by atoms with Crippen molar-refractivity contribution >= 4 is 40.1 Å². The average Bonchev–Trinajstić information content (AvgIpc) is 3.27. The van der Waals surface area contributed by atoms with E-state index in [1.165, 1.54) is 6.92 Å². The van der Waals surface area contributed by atoms with Gasteiger partial charge in [0.05, 0.1) is 12.8 Å². The number of methoxy groups -OCH3 is 1. The number of para-hydroxylation sites is 3. The van der Waals surface area contributed by atoms with E-state index in [2.05, 4.69) is 32.0 Å². The van der Waals surface area contributed by atoms with Crippen LogP contribution in [-0.2, 0) is 11.2 Å². The lowest BCUT2D eigenvalue weighted by Gasteiger charge is -2.14. The molecule has 0 saturated carbocycles. The van der Waals surface area contributed by atoms with Gasteiger partial charge < -0.3 is 20.4 Å². The number of carbonyl (C=O) groups is 2. The van der Waals surface area contributed by atoms with Gasteiger partial charge in [-0.25, -0.2) is 0 Å². The van der Waals surface area contributed by atoms with E-state index in [9.17, 15) is 9.59 Å². The van der Waals surface area contributed by atoms with Crippen molar-refractivity contribution in [3.63, 3.8) is 0 Å². The van der Waals surface area contributed by atoms with Crippen LogP contribution in [0.5, 0.6) is 5.75 Å². The van der Waals surface area contributed by atoms with Gasteiger partial charge in [0, 0.05) is 41.8 Å². The number of carbonyl (C=O) groups excluding carboxylic acids is 2. The first-order valence-electron chi connectivity index (χ1n) is 11.2. The lowest BCUT2D eigenvalue weighted by molar-refractivity contribution is -0.114. The van der Waals surface area contributed by atoms with Gasteiger partial charge in [-0.2, -0.15) is 0 Å². The van der Waals surface area contributed by atoms with Gasteiger partial charge in [0.1, 0.15) is 5.75 Å². The molecule has 35 heavy (non-hydrogen) atoms. The zero-order chi connectivity index (χ0) is 24.6. The molecule has 4 rings (SSSR count). The number of guanidine groups is 1. The van der Waals surface area contributed by atoms with Crippen LogP contribution in [-0.4, -0.2) is 36.4 Å². The van der Waals surface area contributed by atoms with E-state index in [4.69, 9.17) is 4.74 Å². The molecule has 4 N–H and O–H groups in total. The lowest BCUT2D eigenvalue weighted by atomic mass is 10.1. The number of H-pyrrole nitrogens is 1. The van der Waals surface area contributed by atoms with Crippen LogP contribution in [0.15, 0.2) is 84.0 Å². The summed E-state index contributed by atoms with van der Waals surface area (Å²) in [5.74, 6) is 0.355. The number of hydrogen-bond donors (Lipinski definition) is 4. The van der Waals surface area contributed by atoms with Gasteiger partial charge in [-0.15, -0.1) is 0 Å². The number of ether oxygens (including phenoxy) is 1. The first kappa shape index (κ1) is 23.6. The van der Waals surface area contributed by atoms with Crippen molar-refractivity contribution in [1.82, 2.24) is 10.3 Å². The Kier molecular flexibility index (Phi) is 7.42. The topological polar surface area (TPSA) is 108 Å². The highest BCUT2D eigenvalue weighted by atomic mass is 16.5. The highest BCUT2D eigenvalue weighted by Crippen LogP contribution is 2.23. The number of nitrogens with one attached hydrogen (secondary N) is 4. The van der Waals surface area contributed by atoms with Crippen molar-refractivity contribution < 1.29 is 14.3 Å². The molecule has 8 nitrogen and oxygen atoms in total. The Bertz CT molecular complexity index is 1380. The first-order chi connectivity index (χ1) is 17.0. The number of rotatable bonds is 7. The molecular weight excluding hydrogens is 442 g/mol. The minimum absolute atomic E-state index is 0.208. The Hall–Kier alpha value is -4.59. The van der Waals surface area contributed by atoms with Gasteiger partial charge in [-0.05, 0) is 48.4 Å². The number of aromatic nitrogens is 1. The lowest BCUT2D eigenvalue weighted by Crippen LogP contribution is -2.36. The summed E-state index contributed by atoms with van der Waals surface area (Å²) < 4.78 is 5.43. The van der Waals surface area contributed by atoms with Crippen molar-refractivity contribution in [1.29, 1.82) is 0 Å². The summed E-state index contributed by atoms with van der Waals surface area (Å²) >= 11 is 0. The molecule has 0 spiro atoms. The Morgan fingerprint density at radius 1 is 0.971 bits per heavy atom. The van der Waals surface area contributed by atoms with Crippen molar-refractivity contribution in [2.45, 2.75) is 13.3 Å². The Labute approximate surface area is 203 Å². The summed E-state index contributed by atoms with van der Waals surface area (Å²) in [5.41, 5.74) is 3.83. The minimum atomic E-state index is -0.356. The van der Waals surface area contributed by atoms with Crippen LogP contribution in [0, 0.1) is 0 Å². The van der Waals surface area contributed by atoms with Crippen molar-refractivity contribution in [3.8, 4) is 5.75 Å². The SMILES string of the molecule is COc1ccccc1NC(=NCCc1c[nH]c2ccccc12)NC(=O)c1cccc(NC(C)=O)c1. The molecular formula is C27H27N5O3. The molecule has 0 unspecified atom stereocenters. The summed E-state index contributed by atoms with van der Waals surface area (Å²) in [6.07, 6.45) is 2.68. The second-order valence-electron chi connectivity index (χ2n) is 7.88. The van der Waals surface area contributed by atoms with Gasteiger partial charge in [-0.3, -0.25) is 19.9 Å². The molecule has 0 aliphatic carbocycles. The van der Waals surface area contributed by atoms with E-state index in [0.717, 1.165) is 16.5 Å². The van der Waals surface area contributed by atoms with E-state index in [-0.39, 0.29) is 11.8 Å². The fourth-order valence-corrected chi connectivity index (χ4v) is 3.73. The highest BCUT2D eigenvalue weighted by Gasteiger charge is 2.12. The smallest absolute Gasteiger partial charge is 0.258 e. The van der Waals surface area contributed by atoms with Crippen LogP contribution in [0.3, 0.4) is 0 Å². The van der Waals surface area contributed by atoms with E-state index < -0.39 is 0 Å². The average molecular weight is 470 g/mol. The van der Waals surface area contributed by atoms with Crippen LogP contribution in [0.1, 0.15) is 22.8 Å². The Balaban J connectivity index is 1.55. The minimum Gasteiger partial charge on any atom is -0.495 e. The molecule has 0 fully saturated rings. The number of hydrogen-bond acceptors (Lipinski definition) is 4. The Morgan fingerprint density at radius 2 is 1.77 bits per heavy atom. The maximum atomic E-state index is 13.0. The number of fused-ring (bicyclic) bond motifs is 1. The number of nitrogens with zero attached hydrogens (tertiary/aromatic N) is 1. The van der Waals surface area contributed by atoms with Crippen molar-refractivity contribution in [3.05, 3.63) is 90.1 Å². The summed E-state index contributed by atoms with van der Waals surface area (Å²) in [6, 6.07) is 22.2. The number of aliphatic imine (C=N–C) groups is 1. The summed E-state index contributed by atoms with van der Waals surface area (Å²) in [7, 11) is 1.58. The van der Waals surface area contributed by atoms with Gasteiger partial charge >= 0.3 is 0 Å². The fourth-order valence-electron chi connectivity index (χ4n) is 3.73. The second kappa shape index (κ2) is 11.0. The first-order valence-corrected chi connectivity index (χ1v) is 11.2. The molecule has 1 aromatic heterocycles. The number of benzene rings is 3. The molecule has 0 aliphatic rings. The van der Waals surface area contributed by atoms with Crippen LogP contribution in [0.25, 0.3) is 10.9 Å². The third-order valence-electron chi connectivity index (χ3n) is 5.36. The van der Waals surface area contributed by atoms with E-state index in [1.807, 2.05) is 48.7 Å². The second-order valence-corrected chi connectivity index (χ2v) is 7.88. The summed E-state index contributed by atoms with van der Waals surface area (Å²) in [4.78, 5) is 32.3. The van der Waals surface area contributed by atoms with Crippen molar-refractivity contribution in [2.24, 2.45) is 4.99 Å². The molecule has 3 aromatic carbocycles. The molecule has 8 heteroatoms. The Morgan fingerprint density at radius 3 is 2.60 bits per heavy atom. The van der Waals surface area contributed by atoms with Gasteiger partial charge in [0.2, 0.25) is 11.9 Å². The highest BCUT2D eigenvalue weighted by molar-refractivity contribution is 6.10. The zero-order valence-electron chi connectivity index (χ0n) is 19.6. The van der Waals surface area contributed by atoms with Crippen LogP contribution in [0.2, 0.25) is 0 Å². The maximum absolute atomic E-state index is 13.0. The van der Waals surface area contributed by atoms with Gasteiger partial charge in [-0.1, -0.05) is 36.4 Å². The van der Waals surface area contributed by atoms with E-state index >= 15 is 0 Å². The molecule has 2 amide bonds. The third kappa shape index (κ3) is 6.05. The molecule has 0 radical (unpaired) electrons. The monoisotopic (exact) mass is 469 g/mol. The molecule has 0 atom stereocenters.